The number of likely N-dealkylation sites (tertiary alicyclic amines) is 1. The van der Waals surface area contributed by atoms with Gasteiger partial charge >= 0.3 is 5.97 Å². The molecular weight excluding hydrogens is 332 g/mol. The van der Waals surface area contributed by atoms with E-state index in [2.05, 4.69) is 9.88 Å². The third kappa shape index (κ3) is 4.95. The van der Waals surface area contributed by atoms with E-state index in [-0.39, 0.29) is 12.0 Å². The minimum atomic E-state index is -0.705. The monoisotopic (exact) mass is 356 g/mol. The average Bonchev–Trinajstić information content (AvgIpc) is 2.57. The highest BCUT2D eigenvalue weighted by Crippen LogP contribution is 2.21. The van der Waals surface area contributed by atoms with Gasteiger partial charge in [-0.15, -0.1) is 0 Å². The topological polar surface area (TPSA) is 71.9 Å². The van der Waals surface area contributed by atoms with E-state index in [9.17, 15) is 4.79 Å². The first kappa shape index (κ1) is 18.2. The van der Waals surface area contributed by atoms with Gasteiger partial charge in [0.2, 0.25) is 5.88 Å². The molecule has 2 aromatic rings. The lowest BCUT2D eigenvalue weighted by molar-refractivity contribution is -0.147. The molecule has 1 aliphatic heterocycles. The zero-order valence-corrected chi connectivity index (χ0v) is 15.1. The quantitative estimate of drug-likeness (QED) is 0.784. The Morgan fingerprint density at radius 2 is 1.88 bits per heavy atom. The van der Waals surface area contributed by atoms with Crippen molar-refractivity contribution in [2.75, 3.05) is 13.1 Å². The largest absolute Gasteiger partial charge is 0.489 e. The van der Waals surface area contributed by atoms with Crippen molar-refractivity contribution in [3.63, 3.8) is 0 Å². The summed E-state index contributed by atoms with van der Waals surface area (Å²) in [5.74, 6) is 0.486. The van der Waals surface area contributed by atoms with Crippen LogP contribution < -0.4 is 9.47 Å². The maximum Gasteiger partial charge on any atom is 0.309 e. The average molecular weight is 356 g/mol. The van der Waals surface area contributed by atoms with Crippen LogP contribution in [0, 0.1) is 5.92 Å². The molecule has 1 saturated heterocycles. The van der Waals surface area contributed by atoms with Gasteiger partial charge in [-0.25, -0.2) is 4.98 Å². The lowest BCUT2D eigenvalue weighted by atomic mass is 10.00. The Labute approximate surface area is 153 Å². The minimum absolute atomic E-state index is 0.106. The van der Waals surface area contributed by atoms with Crippen LogP contribution in [0.3, 0.4) is 0 Å². The third-order valence-corrected chi connectivity index (χ3v) is 4.20. The van der Waals surface area contributed by atoms with Gasteiger partial charge in [-0.2, -0.15) is 0 Å². The number of carbonyl (C=O) groups is 1. The van der Waals surface area contributed by atoms with E-state index in [4.69, 9.17) is 14.6 Å². The zero-order valence-electron chi connectivity index (χ0n) is 15.1. The Hall–Kier alpha value is -2.60. The summed E-state index contributed by atoms with van der Waals surface area (Å²) in [6.45, 7) is 6.39. The maximum absolute atomic E-state index is 10.8. The fourth-order valence-electron chi connectivity index (χ4n) is 2.78. The lowest BCUT2D eigenvalue weighted by Crippen LogP contribution is -2.49. The standard InChI is InChI=1S/C20H24N2O4/c1-14(2)26-19-8-5-16(9-21-19)13-25-18-6-3-15(4-7-18)10-22-11-17(12-22)20(23)24/h3-9,14,17H,10-13H2,1-2H3,(H,23,24). The molecule has 26 heavy (non-hydrogen) atoms. The number of aliphatic carboxylic acids is 1. The van der Waals surface area contributed by atoms with Crippen LogP contribution in [0.5, 0.6) is 11.6 Å². The fraction of sp³-hybridized carbons (Fsp3) is 0.400. The van der Waals surface area contributed by atoms with E-state index in [1.165, 1.54) is 0 Å². The number of hydrogen-bond acceptors (Lipinski definition) is 5. The van der Waals surface area contributed by atoms with E-state index in [0.717, 1.165) is 23.4 Å². The van der Waals surface area contributed by atoms with Crippen LogP contribution in [0.15, 0.2) is 42.6 Å². The fourth-order valence-corrected chi connectivity index (χ4v) is 2.78. The van der Waals surface area contributed by atoms with Crippen LogP contribution in [0.2, 0.25) is 0 Å². The van der Waals surface area contributed by atoms with Gasteiger partial charge in [0.25, 0.3) is 0 Å². The molecule has 1 aliphatic rings. The van der Waals surface area contributed by atoms with Gasteiger partial charge in [0.05, 0.1) is 12.0 Å². The molecule has 0 atom stereocenters. The van der Waals surface area contributed by atoms with Crippen LogP contribution in [-0.2, 0) is 17.9 Å². The second kappa shape index (κ2) is 8.19. The van der Waals surface area contributed by atoms with E-state index in [1.807, 2.05) is 50.2 Å². The predicted molar refractivity (Wildman–Crippen MR) is 97.2 cm³/mol. The molecule has 6 heteroatoms. The predicted octanol–water partition coefficient (Wildman–Crippen LogP) is 2.96. The molecule has 1 aromatic carbocycles. The minimum Gasteiger partial charge on any atom is -0.489 e. The molecule has 1 aromatic heterocycles. The maximum atomic E-state index is 10.8. The molecule has 138 valence electrons. The van der Waals surface area contributed by atoms with Crippen molar-refractivity contribution >= 4 is 5.97 Å². The second-order valence-corrected chi connectivity index (χ2v) is 6.83. The van der Waals surface area contributed by atoms with Crippen LogP contribution in [0.25, 0.3) is 0 Å². The molecule has 0 saturated carbocycles. The summed E-state index contributed by atoms with van der Waals surface area (Å²) in [5, 5.41) is 8.91. The summed E-state index contributed by atoms with van der Waals surface area (Å²) in [6.07, 6.45) is 1.86. The number of carboxylic acids is 1. The first-order valence-electron chi connectivity index (χ1n) is 8.78. The lowest BCUT2D eigenvalue weighted by Gasteiger charge is -2.36. The summed E-state index contributed by atoms with van der Waals surface area (Å²) in [4.78, 5) is 17.2. The number of nitrogens with zero attached hydrogens (tertiary/aromatic N) is 2. The van der Waals surface area contributed by atoms with Crippen molar-refractivity contribution in [2.45, 2.75) is 33.1 Å². The molecular formula is C20H24N2O4. The summed E-state index contributed by atoms with van der Waals surface area (Å²) in [7, 11) is 0. The van der Waals surface area contributed by atoms with Crippen LogP contribution in [0.1, 0.15) is 25.0 Å². The van der Waals surface area contributed by atoms with Crippen LogP contribution in [-0.4, -0.2) is 40.2 Å². The van der Waals surface area contributed by atoms with Crippen molar-refractivity contribution in [3.05, 3.63) is 53.7 Å². The molecule has 0 spiro atoms. The van der Waals surface area contributed by atoms with E-state index in [0.29, 0.717) is 25.6 Å². The summed E-state index contributed by atoms with van der Waals surface area (Å²) < 4.78 is 11.3. The summed E-state index contributed by atoms with van der Waals surface area (Å²) >= 11 is 0. The van der Waals surface area contributed by atoms with Gasteiger partial charge < -0.3 is 14.6 Å². The van der Waals surface area contributed by atoms with E-state index < -0.39 is 5.97 Å². The number of ether oxygens (including phenoxy) is 2. The molecule has 3 rings (SSSR count). The molecule has 6 nitrogen and oxygen atoms in total. The Bertz CT molecular complexity index is 722. The van der Waals surface area contributed by atoms with Crippen molar-refractivity contribution < 1.29 is 19.4 Å². The summed E-state index contributed by atoms with van der Waals surface area (Å²) in [5.41, 5.74) is 2.13. The third-order valence-electron chi connectivity index (χ3n) is 4.20. The number of pyridine rings is 1. The summed E-state index contributed by atoms with van der Waals surface area (Å²) in [6, 6.07) is 11.7. The van der Waals surface area contributed by atoms with Crippen LogP contribution >= 0.6 is 0 Å². The Morgan fingerprint density at radius 3 is 2.46 bits per heavy atom. The normalized spacial score (nSPS) is 14.9. The first-order chi connectivity index (χ1) is 12.5. The molecule has 0 amide bonds. The van der Waals surface area contributed by atoms with Crippen LogP contribution in [0.4, 0.5) is 0 Å². The Kier molecular flexibility index (Phi) is 5.73. The molecule has 0 radical (unpaired) electrons. The van der Waals surface area contributed by atoms with Gasteiger partial charge in [0.1, 0.15) is 12.4 Å². The Morgan fingerprint density at radius 1 is 1.19 bits per heavy atom. The second-order valence-electron chi connectivity index (χ2n) is 6.83. The first-order valence-corrected chi connectivity index (χ1v) is 8.78. The zero-order chi connectivity index (χ0) is 18.5. The van der Waals surface area contributed by atoms with Gasteiger partial charge in [0, 0.05) is 37.5 Å². The molecule has 0 aliphatic carbocycles. The van der Waals surface area contributed by atoms with E-state index >= 15 is 0 Å². The molecule has 1 fully saturated rings. The van der Waals surface area contributed by atoms with E-state index in [1.54, 1.807) is 6.20 Å². The molecule has 1 N–H and O–H groups in total. The number of rotatable bonds is 8. The highest BCUT2D eigenvalue weighted by molar-refractivity contribution is 5.71. The highest BCUT2D eigenvalue weighted by Gasteiger charge is 2.32. The van der Waals surface area contributed by atoms with Crippen molar-refractivity contribution in [2.24, 2.45) is 5.92 Å². The van der Waals surface area contributed by atoms with Gasteiger partial charge in [-0.05, 0) is 37.6 Å². The molecule has 0 unspecified atom stereocenters. The molecule has 2 heterocycles. The molecule has 0 bridgehead atoms. The number of benzene rings is 1. The number of aromatic nitrogens is 1. The van der Waals surface area contributed by atoms with Gasteiger partial charge in [0.15, 0.2) is 0 Å². The highest BCUT2D eigenvalue weighted by atomic mass is 16.5. The van der Waals surface area contributed by atoms with Crippen molar-refractivity contribution in [1.29, 1.82) is 0 Å². The number of carboxylic acid groups (broad SMARTS) is 1. The van der Waals surface area contributed by atoms with Crippen molar-refractivity contribution in [1.82, 2.24) is 9.88 Å². The smallest absolute Gasteiger partial charge is 0.309 e. The Balaban J connectivity index is 1.45. The SMILES string of the molecule is CC(C)Oc1ccc(COc2ccc(CN3CC(C(=O)O)C3)cc2)cn1. The van der Waals surface area contributed by atoms with Gasteiger partial charge in [-0.1, -0.05) is 12.1 Å². The van der Waals surface area contributed by atoms with Crippen molar-refractivity contribution in [3.8, 4) is 11.6 Å². The number of hydrogen-bond donors (Lipinski definition) is 1. The van der Waals surface area contributed by atoms with Gasteiger partial charge in [-0.3, -0.25) is 9.69 Å².